The molecule has 0 saturated heterocycles. The smallest absolute Gasteiger partial charge is 0.344 e. The van der Waals surface area contributed by atoms with Gasteiger partial charge in [-0.3, -0.25) is 14.9 Å². The Bertz CT molecular complexity index is 304. The van der Waals surface area contributed by atoms with Gasteiger partial charge < -0.3 is 5.32 Å². The number of nitrogens with zero attached hydrogens (tertiary/aromatic N) is 1. The Kier molecular flexibility index (Phi) is 5.37. The average molecular weight is 372 g/mol. The molecule has 0 heterocycles. The van der Waals surface area contributed by atoms with E-state index >= 15 is 0 Å². The van der Waals surface area contributed by atoms with Crippen LogP contribution in [0, 0.1) is 16.0 Å². The van der Waals surface area contributed by atoms with Crippen LogP contribution < -0.4 is 5.32 Å². The first kappa shape index (κ1) is 14.9. The zero-order chi connectivity index (χ0) is 13.1. The van der Waals surface area contributed by atoms with E-state index in [0.29, 0.717) is 0 Å². The van der Waals surface area contributed by atoms with Gasteiger partial charge in [-0.2, -0.15) is 0 Å². The number of hydrogen-bond acceptors (Lipinski definition) is 3. The Morgan fingerprint density at radius 2 is 1.94 bits per heavy atom. The molecule has 5 nitrogen and oxygen atoms in total. The Balaban J connectivity index is 2.85. The van der Waals surface area contributed by atoms with Crippen LogP contribution in [0.5, 0.6) is 0 Å². The van der Waals surface area contributed by atoms with E-state index in [0.717, 1.165) is 25.7 Å². The van der Waals surface area contributed by atoms with Gasteiger partial charge in [0.1, 0.15) is 6.04 Å². The lowest BCUT2D eigenvalue weighted by Gasteiger charge is -2.33. The van der Waals surface area contributed by atoms with Crippen molar-refractivity contribution >= 4 is 37.8 Å². The van der Waals surface area contributed by atoms with E-state index in [1.165, 1.54) is 13.3 Å². The summed E-state index contributed by atoms with van der Waals surface area (Å²) in [6, 6.07) is -0.532. The van der Waals surface area contributed by atoms with Gasteiger partial charge in [-0.15, -0.1) is 0 Å². The van der Waals surface area contributed by atoms with Gasteiger partial charge in [0.05, 0.1) is 4.92 Å². The Morgan fingerprint density at radius 3 is 2.35 bits per heavy atom. The van der Waals surface area contributed by atoms with Crippen molar-refractivity contribution in [1.82, 2.24) is 5.32 Å². The number of nitrogens with one attached hydrogen (secondary N) is 1. The molecule has 1 saturated carbocycles. The zero-order valence-corrected chi connectivity index (χ0v) is 12.8. The molecule has 17 heavy (non-hydrogen) atoms. The monoisotopic (exact) mass is 370 g/mol. The minimum absolute atomic E-state index is 0.136. The SMILES string of the molecule is CC(=O)NC(C1CCCCC1)C(Br)(Br)[N+](=O)[O-]. The minimum Gasteiger partial charge on any atom is -0.344 e. The van der Waals surface area contributed by atoms with Gasteiger partial charge in [0, 0.05) is 38.8 Å². The average Bonchev–Trinajstić information content (AvgIpc) is 2.26. The fourth-order valence-corrected chi connectivity index (χ4v) is 3.26. The summed E-state index contributed by atoms with van der Waals surface area (Å²) < 4.78 is -1.48. The van der Waals surface area contributed by atoms with Gasteiger partial charge in [0.2, 0.25) is 5.91 Å². The van der Waals surface area contributed by atoms with Crippen molar-refractivity contribution in [1.29, 1.82) is 0 Å². The van der Waals surface area contributed by atoms with Gasteiger partial charge in [0.15, 0.2) is 0 Å². The third kappa shape index (κ3) is 3.91. The van der Waals surface area contributed by atoms with Gasteiger partial charge in [-0.05, 0) is 18.8 Å². The first-order valence-corrected chi connectivity index (χ1v) is 7.23. The number of carbonyl (C=O) groups is 1. The summed E-state index contributed by atoms with van der Waals surface area (Å²) in [6.45, 7) is 1.38. The van der Waals surface area contributed by atoms with Crippen molar-refractivity contribution in [2.24, 2.45) is 5.92 Å². The normalized spacial score (nSPS) is 19.7. The summed E-state index contributed by atoms with van der Waals surface area (Å²) in [6.07, 6.45) is 5.12. The second kappa shape index (κ2) is 6.13. The second-order valence-corrected chi connectivity index (χ2v) is 7.90. The highest BCUT2D eigenvalue weighted by Crippen LogP contribution is 2.39. The molecule has 1 aliphatic carbocycles. The van der Waals surface area contributed by atoms with Crippen LogP contribution in [0.2, 0.25) is 0 Å². The molecule has 1 aliphatic rings. The number of amides is 1. The van der Waals surface area contributed by atoms with Crippen LogP contribution in [0.3, 0.4) is 0 Å². The molecule has 1 N–H and O–H groups in total. The molecule has 0 aromatic carbocycles. The molecule has 0 aromatic rings. The van der Waals surface area contributed by atoms with Crippen molar-refractivity contribution in [3.8, 4) is 0 Å². The number of hydrogen-bond donors (Lipinski definition) is 1. The highest BCUT2D eigenvalue weighted by molar-refractivity contribution is 9.25. The molecule has 0 radical (unpaired) electrons. The molecule has 0 aliphatic heterocycles. The zero-order valence-electron chi connectivity index (χ0n) is 9.62. The summed E-state index contributed by atoms with van der Waals surface area (Å²) in [4.78, 5) is 21.8. The van der Waals surface area contributed by atoms with Gasteiger partial charge in [-0.25, -0.2) is 0 Å². The molecular weight excluding hydrogens is 356 g/mol. The number of alkyl halides is 2. The maximum Gasteiger partial charge on any atom is 0.346 e. The standard InChI is InChI=1S/C10H16Br2N2O3/c1-7(15)13-9(10(11,12)14(16)17)8-5-3-2-4-6-8/h8-9H,2-6H2,1H3,(H,13,15). The van der Waals surface area contributed by atoms with Crippen molar-refractivity contribution in [3.05, 3.63) is 10.1 Å². The predicted octanol–water partition coefficient (Wildman–Crippen LogP) is 2.79. The van der Waals surface area contributed by atoms with Crippen LogP contribution in [0.1, 0.15) is 39.0 Å². The third-order valence-electron chi connectivity index (χ3n) is 3.10. The van der Waals surface area contributed by atoms with Gasteiger partial charge >= 0.3 is 3.36 Å². The lowest BCUT2D eigenvalue weighted by molar-refractivity contribution is -0.509. The topological polar surface area (TPSA) is 72.2 Å². The fraction of sp³-hybridized carbons (Fsp3) is 0.900. The lowest BCUT2D eigenvalue weighted by atomic mass is 9.84. The van der Waals surface area contributed by atoms with Gasteiger partial charge in [-0.1, -0.05) is 19.3 Å². The summed E-state index contributed by atoms with van der Waals surface area (Å²) >= 11 is 6.16. The predicted molar refractivity (Wildman–Crippen MR) is 71.8 cm³/mol. The first-order valence-electron chi connectivity index (χ1n) is 5.65. The highest BCUT2D eigenvalue weighted by Gasteiger charge is 2.50. The van der Waals surface area contributed by atoms with Gasteiger partial charge in [0.25, 0.3) is 0 Å². The largest absolute Gasteiger partial charge is 0.346 e. The molecular formula is C10H16Br2N2O3. The summed E-state index contributed by atoms with van der Waals surface area (Å²) in [5.74, 6) is -0.109. The second-order valence-electron chi connectivity index (χ2n) is 4.42. The molecule has 0 bridgehead atoms. The van der Waals surface area contributed by atoms with E-state index in [1.54, 1.807) is 0 Å². The fourth-order valence-electron chi connectivity index (χ4n) is 2.29. The van der Waals surface area contributed by atoms with Crippen LogP contribution in [-0.2, 0) is 4.79 Å². The summed E-state index contributed by atoms with van der Waals surface area (Å²) in [5.41, 5.74) is 0. The lowest BCUT2D eigenvalue weighted by Crippen LogP contribution is -2.53. The quantitative estimate of drug-likeness (QED) is 0.357. The van der Waals surface area contributed by atoms with E-state index < -0.39 is 14.3 Å². The van der Waals surface area contributed by atoms with E-state index in [-0.39, 0.29) is 11.8 Å². The molecule has 1 fully saturated rings. The number of carbonyl (C=O) groups excluding carboxylic acids is 1. The van der Waals surface area contributed by atoms with Crippen LogP contribution >= 0.6 is 31.9 Å². The summed E-state index contributed by atoms with van der Waals surface area (Å²) in [7, 11) is 0. The minimum atomic E-state index is -1.48. The number of rotatable bonds is 4. The molecule has 98 valence electrons. The first-order chi connectivity index (χ1) is 7.85. The van der Waals surface area contributed by atoms with Crippen LogP contribution in [0.4, 0.5) is 0 Å². The van der Waals surface area contributed by atoms with Crippen LogP contribution in [0.15, 0.2) is 0 Å². The van der Waals surface area contributed by atoms with Crippen molar-refractivity contribution in [2.45, 2.75) is 48.4 Å². The van der Waals surface area contributed by atoms with E-state index in [9.17, 15) is 14.9 Å². The molecule has 1 rings (SSSR count). The van der Waals surface area contributed by atoms with Crippen molar-refractivity contribution in [2.75, 3.05) is 0 Å². The van der Waals surface area contributed by atoms with E-state index in [1.807, 2.05) is 0 Å². The molecule has 0 spiro atoms. The van der Waals surface area contributed by atoms with Crippen molar-refractivity contribution in [3.63, 3.8) is 0 Å². The Labute approximate surface area is 117 Å². The molecule has 1 atom stereocenters. The van der Waals surface area contributed by atoms with E-state index in [4.69, 9.17) is 0 Å². The van der Waals surface area contributed by atoms with Crippen LogP contribution in [-0.4, -0.2) is 20.2 Å². The van der Waals surface area contributed by atoms with E-state index in [2.05, 4.69) is 37.2 Å². The van der Waals surface area contributed by atoms with Crippen molar-refractivity contribution < 1.29 is 9.72 Å². The molecule has 7 heteroatoms. The Morgan fingerprint density at radius 1 is 1.41 bits per heavy atom. The third-order valence-corrected chi connectivity index (χ3v) is 4.66. The Hall–Kier alpha value is -0.170. The molecule has 1 amide bonds. The number of halogens is 2. The van der Waals surface area contributed by atoms with Crippen LogP contribution in [0.25, 0.3) is 0 Å². The molecule has 0 aromatic heterocycles. The molecule has 1 unspecified atom stereocenters. The number of nitro groups is 1. The maximum absolute atomic E-state index is 11.2. The highest BCUT2D eigenvalue weighted by atomic mass is 79.9. The summed E-state index contributed by atoms with van der Waals surface area (Å²) in [5, 5.41) is 13.7. The maximum atomic E-state index is 11.2.